The summed E-state index contributed by atoms with van der Waals surface area (Å²) in [5.74, 6) is -0.928. The molecule has 0 spiro atoms. The monoisotopic (exact) mass is 243 g/mol. The maximum absolute atomic E-state index is 10.4. The van der Waals surface area contributed by atoms with Crippen molar-refractivity contribution < 1.29 is 14.7 Å². The summed E-state index contributed by atoms with van der Waals surface area (Å²) in [5.41, 5.74) is 5.56. The number of carboxylic acids is 1. The molecule has 0 amide bonds. The van der Waals surface area contributed by atoms with Crippen molar-refractivity contribution in [1.82, 2.24) is 0 Å². The summed E-state index contributed by atoms with van der Waals surface area (Å²) < 4.78 is 0. The van der Waals surface area contributed by atoms with Crippen LogP contribution < -0.4 is 5.73 Å². The van der Waals surface area contributed by atoms with Crippen molar-refractivity contribution in [2.75, 3.05) is 0 Å². The number of nitrogens with two attached hydrogens (primary N) is 1. The predicted molar refractivity (Wildman–Crippen MR) is 62.5 cm³/mol. The number of aliphatic carboxylic acids is 1. The fourth-order valence-corrected chi connectivity index (χ4v) is 0.870. The Kier molecular flexibility index (Phi) is 7.16. The standard InChI is InChI=1S/C7H5ClO.C4H9NO2/c8-7(9)6-4-2-1-3-5-6;1-2-3(5)4(6)7/h1-5H;3H,2,5H2,1H3,(H,6,7). The van der Waals surface area contributed by atoms with Gasteiger partial charge in [-0.05, 0) is 18.0 Å². The summed E-state index contributed by atoms with van der Waals surface area (Å²) in [6.07, 6.45) is 0.495. The molecule has 0 saturated heterocycles. The van der Waals surface area contributed by atoms with E-state index < -0.39 is 17.3 Å². The van der Waals surface area contributed by atoms with Crippen molar-refractivity contribution in [3.05, 3.63) is 35.9 Å². The van der Waals surface area contributed by atoms with Gasteiger partial charge in [0.25, 0.3) is 5.24 Å². The van der Waals surface area contributed by atoms with Gasteiger partial charge in [-0.3, -0.25) is 9.59 Å². The number of hydrogen-bond donors (Lipinski definition) is 2. The molecule has 0 heterocycles. The van der Waals surface area contributed by atoms with Crippen molar-refractivity contribution >= 4 is 22.8 Å². The fourth-order valence-electron chi connectivity index (χ4n) is 0.744. The van der Waals surface area contributed by atoms with E-state index in [1.807, 2.05) is 6.07 Å². The number of halogens is 1. The lowest BCUT2D eigenvalue weighted by atomic mass is 10.2. The molecule has 1 atom stereocenters. The molecule has 0 aliphatic carbocycles. The molecule has 1 aromatic carbocycles. The molecule has 1 rings (SSSR count). The van der Waals surface area contributed by atoms with Crippen LogP contribution in [-0.4, -0.2) is 22.4 Å². The van der Waals surface area contributed by atoms with E-state index in [0.29, 0.717) is 12.0 Å². The van der Waals surface area contributed by atoms with Gasteiger partial charge in [0.1, 0.15) is 6.04 Å². The van der Waals surface area contributed by atoms with Crippen molar-refractivity contribution in [3.63, 3.8) is 0 Å². The van der Waals surface area contributed by atoms with Crippen LogP contribution in [0.1, 0.15) is 23.7 Å². The van der Waals surface area contributed by atoms with Crippen LogP contribution >= 0.6 is 11.6 Å². The average molecular weight is 244 g/mol. The van der Waals surface area contributed by atoms with E-state index in [1.54, 1.807) is 31.2 Å². The summed E-state index contributed by atoms with van der Waals surface area (Å²) >= 11 is 5.16. The Hall–Kier alpha value is -1.39. The fraction of sp³-hybridized carbons (Fsp3) is 0.273. The lowest BCUT2D eigenvalue weighted by Gasteiger charge is -1.97. The minimum Gasteiger partial charge on any atom is -0.480 e. The molecular weight excluding hydrogens is 230 g/mol. The second-order valence-corrected chi connectivity index (χ2v) is 3.34. The lowest BCUT2D eigenvalue weighted by molar-refractivity contribution is -0.138. The van der Waals surface area contributed by atoms with Crippen molar-refractivity contribution in [2.24, 2.45) is 5.73 Å². The van der Waals surface area contributed by atoms with Crippen molar-refractivity contribution in [1.29, 1.82) is 0 Å². The Morgan fingerprint density at radius 3 is 2.06 bits per heavy atom. The lowest BCUT2D eigenvalue weighted by Crippen LogP contribution is -2.28. The van der Waals surface area contributed by atoms with Gasteiger partial charge < -0.3 is 10.8 Å². The van der Waals surface area contributed by atoms with Crippen LogP contribution in [-0.2, 0) is 4.79 Å². The number of hydrogen-bond acceptors (Lipinski definition) is 3. The number of carbonyl (C=O) groups is 2. The first kappa shape index (κ1) is 14.6. The number of carboxylic acid groups (broad SMARTS) is 1. The highest BCUT2D eigenvalue weighted by Gasteiger charge is 2.05. The molecule has 0 aliphatic rings. The van der Waals surface area contributed by atoms with Crippen molar-refractivity contribution in [3.8, 4) is 0 Å². The average Bonchev–Trinajstić information content (AvgIpc) is 2.29. The third-order valence-corrected chi connectivity index (χ3v) is 1.98. The van der Waals surface area contributed by atoms with E-state index >= 15 is 0 Å². The Labute approximate surface area is 99.0 Å². The molecule has 0 radical (unpaired) electrons. The van der Waals surface area contributed by atoms with Crippen LogP contribution in [0.15, 0.2) is 30.3 Å². The molecule has 1 aromatic rings. The van der Waals surface area contributed by atoms with Gasteiger partial charge in [-0.1, -0.05) is 37.3 Å². The van der Waals surface area contributed by atoms with Gasteiger partial charge >= 0.3 is 5.97 Å². The first-order chi connectivity index (χ1) is 7.49. The van der Waals surface area contributed by atoms with Crippen LogP contribution in [0.4, 0.5) is 0 Å². The van der Waals surface area contributed by atoms with Crippen LogP contribution in [0, 0.1) is 0 Å². The summed E-state index contributed by atoms with van der Waals surface area (Å²) in [7, 11) is 0. The van der Waals surface area contributed by atoms with Gasteiger partial charge in [-0.2, -0.15) is 0 Å². The molecule has 0 bridgehead atoms. The quantitative estimate of drug-likeness (QED) is 0.795. The Morgan fingerprint density at radius 1 is 1.38 bits per heavy atom. The normalized spacial score (nSPS) is 10.9. The third-order valence-electron chi connectivity index (χ3n) is 1.76. The smallest absolute Gasteiger partial charge is 0.320 e. The van der Waals surface area contributed by atoms with Gasteiger partial charge in [0.05, 0.1) is 0 Å². The minimum atomic E-state index is -0.928. The molecule has 0 fully saturated rings. The Morgan fingerprint density at radius 2 is 1.88 bits per heavy atom. The number of benzene rings is 1. The summed E-state index contributed by atoms with van der Waals surface area (Å²) in [6, 6.07) is 8.05. The molecule has 16 heavy (non-hydrogen) atoms. The molecule has 0 saturated carbocycles. The largest absolute Gasteiger partial charge is 0.480 e. The van der Waals surface area contributed by atoms with Crippen LogP contribution in [0.3, 0.4) is 0 Å². The molecule has 88 valence electrons. The third kappa shape index (κ3) is 6.16. The van der Waals surface area contributed by atoms with Gasteiger partial charge in [-0.15, -0.1) is 0 Å². The molecule has 1 unspecified atom stereocenters. The predicted octanol–water partition coefficient (Wildman–Crippen LogP) is 1.87. The van der Waals surface area contributed by atoms with Crippen LogP contribution in [0.2, 0.25) is 0 Å². The number of rotatable bonds is 3. The zero-order valence-corrected chi connectivity index (χ0v) is 9.65. The van der Waals surface area contributed by atoms with E-state index in [2.05, 4.69) is 0 Å². The zero-order valence-electron chi connectivity index (χ0n) is 8.89. The van der Waals surface area contributed by atoms with E-state index in [4.69, 9.17) is 22.4 Å². The Balaban J connectivity index is 0.000000293. The highest BCUT2D eigenvalue weighted by atomic mass is 35.5. The topological polar surface area (TPSA) is 80.4 Å². The molecular formula is C11H14ClNO3. The van der Waals surface area contributed by atoms with Gasteiger partial charge in [0.15, 0.2) is 0 Å². The minimum absolute atomic E-state index is 0.407. The highest BCUT2D eigenvalue weighted by molar-refractivity contribution is 6.67. The SMILES string of the molecule is CCC(N)C(=O)O.O=C(Cl)c1ccccc1. The van der Waals surface area contributed by atoms with E-state index in [9.17, 15) is 9.59 Å². The van der Waals surface area contributed by atoms with Gasteiger partial charge in [0.2, 0.25) is 0 Å². The molecule has 0 aliphatic heterocycles. The zero-order chi connectivity index (χ0) is 12.6. The second kappa shape index (κ2) is 7.84. The molecule has 5 heteroatoms. The van der Waals surface area contributed by atoms with Crippen LogP contribution in [0.25, 0.3) is 0 Å². The van der Waals surface area contributed by atoms with E-state index in [-0.39, 0.29) is 0 Å². The number of carbonyl (C=O) groups excluding carboxylic acids is 1. The van der Waals surface area contributed by atoms with Crippen LogP contribution in [0.5, 0.6) is 0 Å². The molecule has 0 aromatic heterocycles. The summed E-state index contributed by atoms with van der Waals surface area (Å²) in [4.78, 5) is 20.2. The van der Waals surface area contributed by atoms with E-state index in [0.717, 1.165) is 0 Å². The first-order valence-corrected chi connectivity index (χ1v) is 5.10. The summed E-state index contributed by atoms with van der Waals surface area (Å²) in [5, 5.41) is 7.65. The van der Waals surface area contributed by atoms with E-state index in [1.165, 1.54) is 0 Å². The van der Waals surface area contributed by atoms with Gasteiger partial charge in [0, 0.05) is 5.56 Å². The highest BCUT2D eigenvalue weighted by Crippen LogP contribution is 2.01. The maximum atomic E-state index is 10.4. The summed E-state index contributed by atoms with van der Waals surface area (Å²) in [6.45, 7) is 1.73. The second-order valence-electron chi connectivity index (χ2n) is 2.99. The first-order valence-electron chi connectivity index (χ1n) is 4.72. The molecule has 4 nitrogen and oxygen atoms in total. The maximum Gasteiger partial charge on any atom is 0.320 e. The van der Waals surface area contributed by atoms with Gasteiger partial charge in [-0.25, -0.2) is 0 Å². The Bertz CT molecular complexity index is 340. The van der Waals surface area contributed by atoms with Crippen molar-refractivity contribution in [2.45, 2.75) is 19.4 Å². The molecule has 3 N–H and O–H groups in total.